The van der Waals surface area contributed by atoms with Gasteiger partial charge in [-0.2, -0.15) is 0 Å². The number of furan rings is 1. The third kappa shape index (κ3) is 3.42. The maximum atomic E-state index is 12.5. The Morgan fingerprint density at radius 3 is 2.39 bits per heavy atom. The quantitative estimate of drug-likeness (QED) is 0.356. The van der Waals surface area contributed by atoms with Crippen molar-refractivity contribution in [2.45, 2.75) is 13.5 Å². The average Bonchev–Trinajstić information content (AvgIpc) is 3.41. The molecule has 0 aliphatic heterocycles. The van der Waals surface area contributed by atoms with E-state index in [-0.39, 0.29) is 0 Å². The number of nitrogens with zero attached hydrogens (tertiary/aromatic N) is 1. The Bertz CT molecular complexity index is 1380. The van der Waals surface area contributed by atoms with Gasteiger partial charge in [0.25, 0.3) is 0 Å². The van der Waals surface area contributed by atoms with E-state index in [0.717, 1.165) is 44.5 Å². The molecule has 2 heterocycles. The smallest absolute Gasteiger partial charge is 0.353 e. The van der Waals surface area contributed by atoms with Crippen LogP contribution in [0.2, 0.25) is 0 Å². The number of carboxylic acids is 1. The summed E-state index contributed by atoms with van der Waals surface area (Å²) in [5, 5.41) is 11.1. The number of carboxylic acid groups (broad SMARTS) is 1. The zero-order chi connectivity index (χ0) is 21.4. The molecule has 4 heteroatoms. The molecule has 5 aromatic rings. The fourth-order valence-corrected chi connectivity index (χ4v) is 4.22. The van der Waals surface area contributed by atoms with Gasteiger partial charge >= 0.3 is 5.97 Å². The van der Waals surface area contributed by atoms with Crippen LogP contribution in [-0.4, -0.2) is 15.6 Å². The van der Waals surface area contributed by atoms with Crippen LogP contribution >= 0.6 is 0 Å². The molecule has 152 valence electrons. The molecule has 0 radical (unpaired) electrons. The van der Waals surface area contributed by atoms with E-state index < -0.39 is 5.97 Å². The summed E-state index contributed by atoms with van der Waals surface area (Å²) in [7, 11) is 0. The summed E-state index contributed by atoms with van der Waals surface area (Å²) in [4.78, 5) is 12.5. The number of carbonyl (C=O) groups is 1. The van der Waals surface area contributed by atoms with E-state index in [2.05, 4.69) is 6.07 Å². The van der Waals surface area contributed by atoms with Gasteiger partial charge in [-0.3, -0.25) is 0 Å². The number of fused-ring (bicyclic) bond motifs is 1. The molecule has 0 fully saturated rings. The minimum atomic E-state index is -0.936. The molecular weight excluding hydrogens is 386 g/mol. The first-order valence-corrected chi connectivity index (χ1v) is 10.2. The second-order valence-electron chi connectivity index (χ2n) is 7.68. The number of aryl methyl sites for hydroxylation is 1. The maximum Gasteiger partial charge on any atom is 0.353 e. The van der Waals surface area contributed by atoms with Crippen molar-refractivity contribution in [2.75, 3.05) is 0 Å². The van der Waals surface area contributed by atoms with Crippen LogP contribution < -0.4 is 0 Å². The molecule has 0 atom stereocenters. The fourth-order valence-electron chi connectivity index (χ4n) is 4.22. The van der Waals surface area contributed by atoms with Gasteiger partial charge in [-0.25, -0.2) is 4.79 Å². The molecule has 0 spiro atoms. The molecule has 0 aliphatic rings. The Balaban J connectivity index is 1.69. The molecule has 0 bridgehead atoms. The van der Waals surface area contributed by atoms with Crippen LogP contribution in [-0.2, 0) is 6.54 Å². The van der Waals surface area contributed by atoms with E-state index in [4.69, 9.17) is 4.42 Å². The van der Waals surface area contributed by atoms with Gasteiger partial charge < -0.3 is 14.1 Å². The van der Waals surface area contributed by atoms with Crippen LogP contribution in [0.1, 0.15) is 21.6 Å². The lowest BCUT2D eigenvalue weighted by atomic mass is 10.00. The largest absolute Gasteiger partial charge is 0.477 e. The van der Waals surface area contributed by atoms with Crippen LogP contribution in [0.25, 0.3) is 33.4 Å². The number of hydrogen-bond acceptors (Lipinski definition) is 2. The van der Waals surface area contributed by atoms with Crippen LogP contribution in [0.5, 0.6) is 0 Å². The Morgan fingerprint density at radius 1 is 0.903 bits per heavy atom. The lowest BCUT2D eigenvalue weighted by Gasteiger charge is -2.10. The van der Waals surface area contributed by atoms with Crippen molar-refractivity contribution in [3.8, 4) is 22.5 Å². The molecule has 0 aliphatic carbocycles. The van der Waals surface area contributed by atoms with Crippen molar-refractivity contribution in [1.82, 2.24) is 4.57 Å². The van der Waals surface area contributed by atoms with Crippen LogP contribution in [0, 0.1) is 6.92 Å². The highest BCUT2D eigenvalue weighted by molar-refractivity contribution is 6.08. The van der Waals surface area contributed by atoms with Crippen molar-refractivity contribution in [1.29, 1.82) is 0 Å². The topological polar surface area (TPSA) is 55.4 Å². The van der Waals surface area contributed by atoms with Crippen molar-refractivity contribution in [3.63, 3.8) is 0 Å². The van der Waals surface area contributed by atoms with Gasteiger partial charge in [0.1, 0.15) is 11.5 Å². The van der Waals surface area contributed by atoms with Crippen molar-refractivity contribution in [2.24, 2.45) is 0 Å². The van der Waals surface area contributed by atoms with Gasteiger partial charge in [-0.1, -0.05) is 72.3 Å². The van der Waals surface area contributed by atoms with Crippen molar-refractivity contribution < 1.29 is 14.3 Å². The maximum absolute atomic E-state index is 12.5. The first-order chi connectivity index (χ1) is 15.1. The SMILES string of the molecule is Cc1cccc(Cn2c(C(=O)O)c(-c3ccc(-c4ccco4)cc3)c3ccccc32)c1. The number of para-hydroxylation sites is 1. The predicted octanol–water partition coefficient (Wildman–Crippen LogP) is 6.62. The first kappa shape index (κ1) is 18.9. The number of benzene rings is 3. The Kier molecular flexibility index (Phi) is 4.68. The lowest BCUT2D eigenvalue weighted by Crippen LogP contribution is -2.10. The first-order valence-electron chi connectivity index (χ1n) is 10.2. The van der Waals surface area contributed by atoms with Gasteiger partial charge in [0, 0.05) is 28.6 Å². The molecule has 0 saturated heterocycles. The van der Waals surface area contributed by atoms with E-state index in [9.17, 15) is 9.90 Å². The zero-order valence-corrected chi connectivity index (χ0v) is 17.1. The summed E-state index contributed by atoms with van der Waals surface area (Å²) < 4.78 is 7.38. The molecule has 0 amide bonds. The summed E-state index contributed by atoms with van der Waals surface area (Å²) >= 11 is 0. The molecule has 31 heavy (non-hydrogen) atoms. The van der Waals surface area contributed by atoms with Crippen molar-refractivity contribution in [3.05, 3.63) is 108 Å². The number of aromatic carboxylic acids is 1. The zero-order valence-electron chi connectivity index (χ0n) is 17.1. The molecule has 3 aromatic carbocycles. The highest BCUT2D eigenvalue weighted by Crippen LogP contribution is 2.36. The highest BCUT2D eigenvalue weighted by atomic mass is 16.4. The van der Waals surface area contributed by atoms with E-state index in [0.29, 0.717) is 12.2 Å². The molecule has 0 saturated carbocycles. The van der Waals surface area contributed by atoms with Gasteiger partial charge in [0.15, 0.2) is 0 Å². The number of aromatic nitrogens is 1. The second kappa shape index (κ2) is 7.65. The van der Waals surface area contributed by atoms with Gasteiger partial charge in [0.05, 0.1) is 6.26 Å². The van der Waals surface area contributed by atoms with E-state index in [1.165, 1.54) is 0 Å². The lowest BCUT2D eigenvalue weighted by molar-refractivity contribution is 0.0687. The van der Waals surface area contributed by atoms with E-state index >= 15 is 0 Å². The molecule has 4 nitrogen and oxygen atoms in total. The summed E-state index contributed by atoms with van der Waals surface area (Å²) in [5.41, 5.74) is 5.99. The number of rotatable bonds is 5. The van der Waals surface area contributed by atoms with Crippen LogP contribution in [0.15, 0.2) is 95.6 Å². The molecule has 5 rings (SSSR count). The van der Waals surface area contributed by atoms with Crippen LogP contribution in [0.4, 0.5) is 0 Å². The normalized spacial score (nSPS) is 11.1. The summed E-state index contributed by atoms with van der Waals surface area (Å²) in [6, 6.07) is 27.7. The highest BCUT2D eigenvalue weighted by Gasteiger charge is 2.23. The molecule has 1 N–H and O–H groups in total. The molecule has 2 aromatic heterocycles. The van der Waals surface area contributed by atoms with E-state index in [1.54, 1.807) is 6.26 Å². The Hall–Kier alpha value is -4.05. The third-order valence-corrected chi connectivity index (χ3v) is 5.58. The van der Waals surface area contributed by atoms with Gasteiger partial charge in [-0.15, -0.1) is 0 Å². The van der Waals surface area contributed by atoms with E-state index in [1.807, 2.05) is 90.4 Å². The fraction of sp³-hybridized carbons (Fsp3) is 0.0741. The minimum absolute atomic E-state index is 0.299. The second-order valence-corrected chi connectivity index (χ2v) is 7.68. The van der Waals surface area contributed by atoms with Crippen LogP contribution in [0.3, 0.4) is 0 Å². The average molecular weight is 407 g/mol. The minimum Gasteiger partial charge on any atom is -0.477 e. The molecule has 0 unspecified atom stereocenters. The predicted molar refractivity (Wildman–Crippen MR) is 122 cm³/mol. The summed E-state index contributed by atoms with van der Waals surface area (Å²) in [5.74, 6) is -0.152. The third-order valence-electron chi connectivity index (χ3n) is 5.58. The molecular formula is C27H21NO3. The monoisotopic (exact) mass is 407 g/mol. The summed E-state index contributed by atoms with van der Waals surface area (Å²) in [6.07, 6.45) is 1.64. The van der Waals surface area contributed by atoms with Gasteiger partial charge in [-0.05, 0) is 36.2 Å². The number of hydrogen-bond donors (Lipinski definition) is 1. The summed E-state index contributed by atoms with van der Waals surface area (Å²) in [6.45, 7) is 2.54. The van der Waals surface area contributed by atoms with Crippen molar-refractivity contribution >= 4 is 16.9 Å². The Labute approximate surface area is 180 Å². The Morgan fingerprint density at radius 2 is 1.68 bits per heavy atom. The van der Waals surface area contributed by atoms with Gasteiger partial charge in [0.2, 0.25) is 0 Å². The standard InChI is InChI=1S/C27H21NO3/c1-18-6-4-7-19(16-18)17-28-23-9-3-2-8-22(23)25(26(28)27(29)30)21-13-11-20(12-14-21)24-10-5-15-31-24/h2-16H,17H2,1H3,(H,29,30).